The molecular weight excluding hydrogens is 378 g/mol. The van der Waals surface area contributed by atoms with Gasteiger partial charge in [0.1, 0.15) is 0 Å². The van der Waals surface area contributed by atoms with Gasteiger partial charge in [0, 0.05) is 16.6 Å². The number of thiophene rings is 1. The molecule has 1 heterocycles. The van der Waals surface area contributed by atoms with E-state index in [-0.39, 0.29) is 10.6 Å². The molecule has 2 N–H and O–H groups in total. The average molecular weight is 390 g/mol. The fourth-order valence-corrected chi connectivity index (χ4v) is 5.06. The van der Waals surface area contributed by atoms with Crippen LogP contribution in [0.4, 0.5) is 5.69 Å². The number of hydrogen-bond donors (Lipinski definition) is 2. The first-order chi connectivity index (χ1) is 9.88. The number of aryl methyl sites for hydroxylation is 1. The number of sulfonamides is 1. The molecule has 2 rings (SSSR count). The lowest BCUT2D eigenvalue weighted by atomic mass is 10.1. The Morgan fingerprint density at radius 2 is 1.90 bits per heavy atom. The standard InChI is InChI=1S/C13H12BrNO4S2/c14-11-7-8-20-13(11)21(18,19)15-10-4-1-9(2-5-10)3-6-12(16)17/h1-2,4-5,7-8,15H,3,6H2,(H,16,17). The van der Waals surface area contributed by atoms with Gasteiger partial charge in [0.2, 0.25) is 0 Å². The Kier molecular flexibility index (Phi) is 5.02. The Bertz CT molecular complexity index is 738. The van der Waals surface area contributed by atoms with Crippen molar-refractivity contribution in [3.63, 3.8) is 0 Å². The van der Waals surface area contributed by atoms with Gasteiger partial charge in [-0.05, 0) is 51.5 Å². The zero-order valence-corrected chi connectivity index (χ0v) is 14.0. The maximum absolute atomic E-state index is 12.2. The molecule has 0 unspecified atom stereocenters. The smallest absolute Gasteiger partial charge is 0.303 e. The van der Waals surface area contributed by atoms with E-state index in [1.54, 1.807) is 35.7 Å². The molecule has 0 saturated heterocycles. The topological polar surface area (TPSA) is 83.5 Å². The van der Waals surface area contributed by atoms with E-state index in [0.29, 0.717) is 16.6 Å². The maximum Gasteiger partial charge on any atom is 0.303 e. The third-order valence-corrected chi connectivity index (χ3v) is 6.71. The number of rotatable bonds is 6. The van der Waals surface area contributed by atoms with Crippen molar-refractivity contribution in [1.82, 2.24) is 0 Å². The molecule has 5 nitrogen and oxygen atoms in total. The number of carboxylic acid groups (broad SMARTS) is 1. The minimum atomic E-state index is -3.61. The summed E-state index contributed by atoms with van der Waals surface area (Å²) in [5, 5.41) is 10.3. The Morgan fingerprint density at radius 3 is 2.43 bits per heavy atom. The second kappa shape index (κ2) is 6.59. The largest absolute Gasteiger partial charge is 0.481 e. The summed E-state index contributed by atoms with van der Waals surface area (Å²) in [5.74, 6) is -0.859. The number of benzene rings is 1. The SMILES string of the molecule is O=C(O)CCc1ccc(NS(=O)(=O)c2sccc2Br)cc1. The van der Waals surface area contributed by atoms with Crippen molar-refractivity contribution in [3.05, 3.63) is 45.7 Å². The second-order valence-electron chi connectivity index (χ2n) is 4.25. The van der Waals surface area contributed by atoms with Crippen molar-refractivity contribution in [3.8, 4) is 0 Å². The number of anilines is 1. The molecule has 0 aliphatic heterocycles. The quantitative estimate of drug-likeness (QED) is 0.793. The zero-order valence-electron chi connectivity index (χ0n) is 10.7. The summed E-state index contributed by atoms with van der Waals surface area (Å²) in [7, 11) is -3.61. The number of halogens is 1. The first-order valence-corrected chi connectivity index (χ1v) is 9.10. The third-order valence-electron chi connectivity index (χ3n) is 2.66. The number of nitrogens with one attached hydrogen (secondary N) is 1. The van der Waals surface area contributed by atoms with E-state index < -0.39 is 16.0 Å². The zero-order chi connectivity index (χ0) is 15.5. The van der Waals surface area contributed by atoms with Gasteiger partial charge in [-0.15, -0.1) is 11.3 Å². The van der Waals surface area contributed by atoms with Crippen LogP contribution in [0.5, 0.6) is 0 Å². The van der Waals surface area contributed by atoms with Crippen LogP contribution >= 0.6 is 27.3 Å². The number of carbonyl (C=O) groups is 1. The van der Waals surface area contributed by atoms with Crippen molar-refractivity contribution in [2.75, 3.05) is 4.72 Å². The van der Waals surface area contributed by atoms with Crippen LogP contribution in [0.15, 0.2) is 44.4 Å². The summed E-state index contributed by atoms with van der Waals surface area (Å²) in [6, 6.07) is 8.34. The van der Waals surface area contributed by atoms with E-state index in [1.165, 1.54) is 0 Å². The van der Waals surface area contributed by atoms with E-state index in [9.17, 15) is 13.2 Å². The molecule has 2 aromatic rings. The minimum absolute atomic E-state index is 0.0488. The highest BCUT2D eigenvalue weighted by Crippen LogP contribution is 2.29. The Balaban J connectivity index is 2.10. The van der Waals surface area contributed by atoms with E-state index in [2.05, 4.69) is 20.7 Å². The molecule has 1 aromatic heterocycles. The highest BCUT2D eigenvalue weighted by atomic mass is 79.9. The molecule has 21 heavy (non-hydrogen) atoms. The highest BCUT2D eigenvalue weighted by molar-refractivity contribution is 9.10. The monoisotopic (exact) mass is 389 g/mol. The van der Waals surface area contributed by atoms with Crippen molar-refractivity contribution in [2.45, 2.75) is 17.1 Å². The van der Waals surface area contributed by atoms with Gasteiger partial charge in [-0.3, -0.25) is 9.52 Å². The molecule has 0 amide bonds. The summed E-state index contributed by atoms with van der Waals surface area (Å²) >= 11 is 4.32. The summed E-state index contributed by atoms with van der Waals surface area (Å²) < 4.78 is 27.6. The van der Waals surface area contributed by atoms with Gasteiger partial charge in [-0.2, -0.15) is 0 Å². The van der Waals surface area contributed by atoms with Crippen molar-refractivity contribution < 1.29 is 18.3 Å². The molecule has 0 aliphatic rings. The molecule has 1 aromatic carbocycles. The molecule has 0 radical (unpaired) electrons. The van der Waals surface area contributed by atoms with Crippen LogP contribution in [-0.4, -0.2) is 19.5 Å². The Hall–Kier alpha value is -1.38. The van der Waals surface area contributed by atoms with Crippen LogP contribution in [0.1, 0.15) is 12.0 Å². The van der Waals surface area contributed by atoms with Crippen LogP contribution in [-0.2, 0) is 21.2 Å². The Morgan fingerprint density at radius 1 is 1.24 bits per heavy atom. The molecule has 0 bridgehead atoms. The lowest BCUT2D eigenvalue weighted by molar-refractivity contribution is -0.136. The molecule has 112 valence electrons. The van der Waals surface area contributed by atoms with Crippen LogP contribution in [0.25, 0.3) is 0 Å². The summed E-state index contributed by atoms with van der Waals surface area (Å²) in [4.78, 5) is 10.5. The van der Waals surface area contributed by atoms with Gasteiger partial charge < -0.3 is 5.11 Å². The maximum atomic E-state index is 12.2. The van der Waals surface area contributed by atoms with E-state index in [1.807, 2.05) is 0 Å². The third kappa shape index (κ3) is 4.29. The van der Waals surface area contributed by atoms with Crippen LogP contribution in [0.3, 0.4) is 0 Å². The number of carboxylic acids is 1. The van der Waals surface area contributed by atoms with E-state index >= 15 is 0 Å². The predicted octanol–water partition coefficient (Wildman–Crippen LogP) is 3.33. The van der Waals surface area contributed by atoms with Crippen molar-refractivity contribution >= 4 is 48.9 Å². The minimum Gasteiger partial charge on any atom is -0.481 e. The van der Waals surface area contributed by atoms with Crippen LogP contribution in [0.2, 0.25) is 0 Å². The van der Waals surface area contributed by atoms with Gasteiger partial charge >= 0.3 is 5.97 Å². The second-order valence-corrected chi connectivity index (χ2v) is 7.90. The van der Waals surface area contributed by atoms with Gasteiger partial charge in [-0.25, -0.2) is 8.42 Å². The summed E-state index contributed by atoms with van der Waals surface area (Å²) in [6.07, 6.45) is 0.464. The fourth-order valence-electron chi connectivity index (χ4n) is 1.66. The molecule has 0 saturated carbocycles. The summed E-state index contributed by atoms with van der Waals surface area (Å²) in [5.41, 5.74) is 1.28. The molecule has 0 atom stereocenters. The van der Waals surface area contributed by atoms with Crippen molar-refractivity contribution in [2.24, 2.45) is 0 Å². The lowest BCUT2D eigenvalue weighted by Gasteiger charge is -2.07. The van der Waals surface area contributed by atoms with Crippen molar-refractivity contribution in [1.29, 1.82) is 0 Å². The molecule has 0 aliphatic carbocycles. The lowest BCUT2D eigenvalue weighted by Crippen LogP contribution is -2.11. The van der Waals surface area contributed by atoms with Gasteiger partial charge in [0.25, 0.3) is 10.0 Å². The van der Waals surface area contributed by atoms with Crippen LogP contribution < -0.4 is 4.72 Å². The average Bonchev–Trinajstić information content (AvgIpc) is 2.84. The Labute approximate surface area is 134 Å². The van der Waals surface area contributed by atoms with Gasteiger partial charge in [0.15, 0.2) is 4.21 Å². The van der Waals surface area contributed by atoms with E-state index in [0.717, 1.165) is 16.9 Å². The fraction of sp³-hybridized carbons (Fsp3) is 0.154. The molecular formula is C13H12BrNO4S2. The van der Waals surface area contributed by atoms with E-state index in [4.69, 9.17) is 5.11 Å². The number of aliphatic carboxylic acids is 1. The molecule has 8 heteroatoms. The highest BCUT2D eigenvalue weighted by Gasteiger charge is 2.19. The predicted molar refractivity (Wildman–Crippen MR) is 85.2 cm³/mol. The number of hydrogen-bond acceptors (Lipinski definition) is 4. The van der Waals surface area contributed by atoms with Crippen LogP contribution in [0, 0.1) is 0 Å². The normalized spacial score (nSPS) is 11.3. The van der Waals surface area contributed by atoms with Gasteiger partial charge in [0.05, 0.1) is 0 Å². The molecule has 0 fully saturated rings. The summed E-state index contributed by atoms with van der Waals surface area (Å²) in [6.45, 7) is 0. The molecule has 0 spiro atoms. The first kappa shape index (κ1) is 16.0. The van der Waals surface area contributed by atoms with Gasteiger partial charge in [-0.1, -0.05) is 12.1 Å². The first-order valence-electron chi connectivity index (χ1n) is 5.95.